The van der Waals surface area contributed by atoms with Gasteiger partial charge < -0.3 is 5.32 Å². The van der Waals surface area contributed by atoms with Gasteiger partial charge in [0, 0.05) is 0 Å². The van der Waals surface area contributed by atoms with Gasteiger partial charge in [-0.2, -0.15) is 0 Å². The Balaban J connectivity index is 1.88. The summed E-state index contributed by atoms with van der Waals surface area (Å²) < 4.78 is 0. The van der Waals surface area contributed by atoms with Crippen molar-refractivity contribution in [3.05, 3.63) is 35.9 Å². The average Bonchev–Trinajstić information content (AvgIpc) is 2.31. The summed E-state index contributed by atoms with van der Waals surface area (Å²) in [7, 11) is 0. The maximum absolute atomic E-state index is 3.50. The molecule has 1 fully saturated rings. The molecule has 0 aliphatic carbocycles. The third-order valence-electron chi connectivity index (χ3n) is 3.54. The van der Waals surface area contributed by atoms with Crippen LogP contribution in [0.15, 0.2) is 30.3 Å². The first-order valence-electron chi connectivity index (χ1n) is 6.11. The molecule has 1 saturated heterocycles. The van der Waals surface area contributed by atoms with E-state index in [0.29, 0.717) is 0 Å². The quantitative estimate of drug-likeness (QED) is 0.796. The monoisotopic (exact) mass is 203 g/mol. The van der Waals surface area contributed by atoms with Crippen molar-refractivity contribution in [3.63, 3.8) is 0 Å². The molecular formula is C14H21N. The predicted molar refractivity (Wildman–Crippen MR) is 64.9 cm³/mol. The zero-order valence-corrected chi connectivity index (χ0v) is 9.58. The molecule has 2 atom stereocenters. The number of benzene rings is 1. The maximum Gasteiger partial charge on any atom is -0.00178 e. The minimum Gasteiger partial charge on any atom is -0.316 e. The molecule has 1 aromatic carbocycles. The Labute approximate surface area is 92.9 Å². The van der Waals surface area contributed by atoms with Gasteiger partial charge in [-0.3, -0.25) is 0 Å². The zero-order chi connectivity index (χ0) is 10.5. The van der Waals surface area contributed by atoms with Gasteiger partial charge in [-0.1, -0.05) is 37.3 Å². The van der Waals surface area contributed by atoms with Crippen LogP contribution in [0.3, 0.4) is 0 Å². The van der Waals surface area contributed by atoms with E-state index in [-0.39, 0.29) is 0 Å². The van der Waals surface area contributed by atoms with Gasteiger partial charge in [-0.25, -0.2) is 0 Å². The van der Waals surface area contributed by atoms with Crippen molar-refractivity contribution in [1.82, 2.24) is 5.32 Å². The van der Waals surface area contributed by atoms with E-state index in [4.69, 9.17) is 0 Å². The lowest BCUT2D eigenvalue weighted by atomic mass is 9.84. The van der Waals surface area contributed by atoms with Gasteiger partial charge in [0.2, 0.25) is 0 Å². The normalized spacial score (nSPS) is 23.7. The van der Waals surface area contributed by atoms with Crippen LogP contribution in [0, 0.1) is 11.8 Å². The first-order valence-corrected chi connectivity index (χ1v) is 6.11. The Morgan fingerprint density at radius 2 is 2.13 bits per heavy atom. The summed E-state index contributed by atoms with van der Waals surface area (Å²) in [4.78, 5) is 0. The number of nitrogens with one attached hydrogen (secondary N) is 1. The zero-order valence-electron chi connectivity index (χ0n) is 9.58. The van der Waals surface area contributed by atoms with E-state index in [1.807, 2.05) is 0 Å². The first-order chi connectivity index (χ1) is 7.36. The Hall–Kier alpha value is -0.820. The fraction of sp³-hybridized carbons (Fsp3) is 0.571. The highest BCUT2D eigenvalue weighted by Crippen LogP contribution is 2.23. The second kappa shape index (κ2) is 5.32. The van der Waals surface area contributed by atoms with Crippen LogP contribution in [-0.2, 0) is 6.42 Å². The minimum atomic E-state index is 0.806. The van der Waals surface area contributed by atoms with E-state index < -0.39 is 0 Å². The van der Waals surface area contributed by atoms with Gasteiger partial charge in [0.1, 0.15) is 0 Å². The van der Waals surface area contributed by atoms with Crippen molar-refractivity contribution in [2.45, 2.75) is 26.2 Å². The van der Waals surface area contributed by atoms with Gasteiger partial charge in [-0.05, 0) is 49.8 Å². The highest BCUT2D eigenvalue weighted by molar-refractivity contribution is 5.15. The SMILES string of the molecule is CC(Cc1ccccc1)C1CCCNC1. The van der Waals surface area contributed by atoms with E-state index in [2.05, 4.69) is 42.6 Å². The molecule has 1 aliphatic heterocycles. The minimum absolute atomic E-state index is 0.806. The second-order valence-electron chi connectivity index (χ2n) is 4.77. The smallest absolute Gasteiger partial charge is 0.00178 e. The molecule has 1 aliphatic rings. The molecule has 0 amide bonds. The van der Waals surface area contributed by atoms with Gasteiger partial charge in [0.15, 0.2) is 0 Å². The van der Waals surface area contributed by atoms with Crippen LogP contribution in [0.4, 0.5) is 0 Å². The molecule has 15 heavy (non-hydrogen) atoms. The van der Waals surface area contributed by atoms with E-state index in [1.54, 1.807) is 0 Å². The first kappa shape index (κ1) is 10.7. The van der Waals surface area contributed by atoms with Crippen molar-refractivity contribution in [2.24, 2.45) is 11.8 Å². The molecule has 0 saturated carbocycles. The number of piperidine rings is 1. The molecular weight excluding hydrogens is 182 g/mol. The third kappa shape index (κ3) is 3.07. The Bertz CT molecular complexity index is 275. The van der Waals surface area contributed by atoms with E-state index >= 15 is 0 Å². The molecule has 1 nitrogen and oxygen atoms in total. The fourth-order valence-corrected chi connectivity index (χ4v) is 2.52. The molecule has 1 heterocycles. The summed E-state index contributed by atoms with van der Waals surface area (Å²) in [6.07, 6.45) is 3.98. The van der Waals surface area contributed by atoms with Crippen LogP contribution < -0.4 is 5.32 Å². The van der Waals surface area contributed by atoms with E-state index in [9.17, 15) is 0 Å². The largest absolute Gasteiger partial charge is 0.316 e. The molecule has 1 aromatic rings. The molecule has 82 valence electrons. The second-order valence-corrected chi connectivity index (χ2v) is 4.77. The van der Waals surface area contributed by atoms with Crippen LogP contribution in [0.2, 0.25) is 0 Å². The number of hydrogen-bond acceptors (Lipinski definition) is 1. The molecule has 1 N–H and O–H groups in total. The van der Waals surface area contributed by atoms with Gasteiger partial charge in [0.05, 0.1) is 0 Å². The Morgan fingerprint density at radius 1 is 1.33 bits per heavy atom. The van der Waals surface area contributed by atoms with E-state index in [0.717, 1.165) is 11.8 Å². The molecule has 2 unspecified atom stereocenters. The summed E-state index contributed by atoms with van der Waals surface area (Å²) in [6, 6.07) is 10.9. The van der Waals surface area contributed by atoms with Gasteiger partial charge in [0.25, 0.3) is 0 Å². The van der Waals surface area contributed by atoms with Crippen molar-refractivity contribution in [2.75, 3.05) is 13.1 Å². The lowest BCUT2D eigenvalue weighted by Gasteiger charge is -2.28. The summed E-state index contributed by atoms with van der Waals surface area (Å²) in [5.41, 5.74) is 1.48. The van der Waals surface area contributed by atoms with Crippen LogP contribution in [0.5, 0.6) is 0 Å². The maximum atomic E-state index is 3.50. The Morgan fingerprint density at radius 3 is 2.80 bits per heavy atom. The fourth-order valence-electron chi connectivity index (χ4n) is 2.52. The van der Waals surface area contributed by atoms with Gasteiger partial charge >= 0.3 is 0 Å². The summed E-state index contributed by atoms with van der Waals surface area (Å²) in [6.45, 7) is 4.83. The van der Waals surface area contributed by atoms with Crippen LogP contribution in [-0.4, -0.2) is 13.1 Å². The molecule has 2 rings (SSSR count). The standard InChI is InChI=1S/C14H21N/c1-12(14-8-5-9-15-11-14)10-13-6-3-2-4-7-13/h2-4,6-7,12,14-15H,5,8-11H2,1H3. The van der Waals surface area contributed by atoms with Crippen molar-refractivity contribution >= 4 is 0 Å². The molecule has 0 radical (unpaired) electrons. The van der Waals surface area contributed by atoms with Crippen molar-refractivity contribution in [3.8, 4) is 0 Å². The van der Waals surface area contributed by atoms with Crippen LogP contribution >= 0.6 is 0 Å². The number of rotatable bonds is 3. The molecule has 0 bridgehead atoms. The lowest BCUT2D eigenvalue weighted by molar-refractivity contribution is 0.279. The van der Waals surface area contributed by atoms with E-state index in [1.165, 1.54) is 37.9 Å². The van der Waals surface area contributed by atoms with Crippen LogP contribution in [0.1, 0.15) is 25.3 Å². The lowest BCUT2D eigenvalue weighted by Crippen LogP contribution is -2.33. The molecule has 0 spiro atoms. The van der Waals surface area contributed by atoms with Crippen LogP contribution in [0.25, 0.3) is 0 Å². The van der Waals surface area contributed by atoms with Crippen molar-refractivity contribution in [1.29, 1.82) is 0 Å². The summed E-state index contributed by atoms with van der Waals surface area (Å²) in [5.74, 6) is 1.68. The highest BCUT2D eigenvalue weighted by Gasteiger charge is 2.19. The van der Waals surface area contributed by atoms with Gasteiger partial charge in [-0.15, -0.1) is 0 Å². The highest BCUT2D eigenvalue weighted by atomic mass is 14.9. The summed E-state index contributed by atoms with van der Waals surface area (Å²) >= 11 is 0. The topological polar surface area (TPSA) is 12.0 Å². The average molecular weight is 203 g/mol. The summed E-state index contributed by atoms with van der Waals surface area (Å²) in [5, 5.41) is 3.50. The third-order valence-corrected chi connectivity index (χ3v) is 3.54. The number of hydrogen-bond donors (Lipinski definition) is 1. The predicted octanol–water partition coefficient (Wildman–Crippen LogP) is 2.86. The Kier molecular flexibility index (Phi) is 3.79. The van der Waals surface area contributed by atoms with Crippen molar-refractivity contribution < 1.29 is 0 Å². The molecule has 0 aromatic heterocycles. The molecule has 1 heteroatoms.